The zero-order valence-corrected chi connectivity index (χ0v) is 14.9. The lowest BCUT2D eigenvalue weighted by Crippen LogP contribution is -2.46. The summed E-state index contributed by atoms with van der Waals surface area (Å²) in [5.41, 5.74) is 6.41. The van der Waals surface area contributed by atoms with Gasteiger partial charge in [0.2, 0.25) is 0 Å². The fourth-order valence-corrected chi connectivity index (χ4v) is 5.51. The van der Waals surface area contributed by atoms with Crippen molar-refractivity contribution in [2.75, 3.05) is 13.1 Å². The molecule has 5 aliphatic rings. The van der Waals surface area contributed by atoms with Crippen molar-refractivity contribution >= 4 is 17.8 Å². The molecule has 1 saturated carbocycles. The summed E-state index contributed by atoms with van der Waals surface area (Å²) < 4.78 is 0. The van der Waals surface area contributed by atoms with Gasteiger partial charge in [0.1, 0.15) is 0 Å². The van der Waals surface area contributed by atoms with Gasteiger partial charge in [-0.15, -0.1) is 0 Å². The molecule has 0 aromatic rings. The third kappa shape index (κ3) is 1.97. The smallest absolute Gasteiger partial charge is 0.0743 e. The van der Waals surface area contributed by atoms with Crippen molar-refractivity contribution in [3.8, 4) is 0 Å². The highest BCUT2D eigenvalue weighted by molar-refractivity contribution is 6.30. The summed E-state index contributed by atoms with van der Waals surface area (Å²) in [6.45, 7) is 6.80. The van der Waals surface area contributed by atoms with Crippen LogP contribution in [0, 0.1) is 17.3 Å². The van der Waals surface area contributed by atoms with E-state index in [1.165, 1.54) is 44.2 Å². The Morgan fingerprint density at radius 1 is 1.35 bits per heavy atom. The minimum atomic E-state index is 0.0869. The summed E-state index contributed by atoms with van der Waals surface area (Å²) in [4.78, 5) is 7.49. The van der Waals surface area contributed by atoms with Gasteiger partial charge in [-0.25, -0.2) is 0 Å². The minimum absolute atomic E-state index is 0.0869. The predicted octanol–water partition coefficient (Wildman–Crippen LogP) is 4.68. The maximum atomic E-state index is 6.45. The molecule has 2 nitrogen and oxygen atoms in total. The standard InChI is InChI=1S/C20H25ClN2/c1-12-19-8-16-15-7-14(21)9-22-11-20(12,2)17(15)5-6-18(16)23(19)10-13-3-4-13/h7,11-13,19H,3-6,8-10H2,1-2H3/b14-7+,22-11?. The van der Waals surface area contributed by atoms with E-state index in [2.05, 4.69) is 31.0 Å². The van der Waals surface area contributed by atoms with E-state index in [0.717, 1.165) is 11.0 Å². The van der Waals surface area contributed by atoms with Crippen LogP contribution in [-0.2, 0) is 0 Å². The number of rotatable bonds is 2. The van der Waals surface area contributed by atoms with Crippen LogP contribution in [0.15, 0.2) is 38.5 Å². The molecule has 2 heterocycles. The van der Waals surface area contributed by atoms with Crippen LogP contribution in [0.2, 0.25) is 0 Å². The van der Waals surface area contributed by atoms with Crippen LogP contribution in [0.5, 0.6) is 0 Å². The van der Waals surface area contributed by atoms with E-state index in [1.54, 1.807) is 16.8 Å². The van der Waals surface area contributed by atoms with E-state index in [1.807, 2.05) is 0 Å². The highest BCUT2D eigenvalue weighted by Gasteiger charge is 2.51. The average Bonchev–Trinajstić information content (AvgIpc) is 3.26. The molecule has 0 aromatic heterocycles. The van der Waals surface area contributed by atoms with Gasteiger partial charge in [-0.2, -0.15) is 0 Å². The number of halogens is 1. The number of likely N-dealkylation sites (tertiary alicyclic amines) is 1. The van der Waals surface area contributed by atoms with E-state index >= 15 is 0 Å². The number of allylic oxidation sites excluding steroid dienone is 4. The van der Waals surface area contributed by atoms with Gasteiger partial charge in [-0.1, -0.05) is 31.0 Å². The first-order valence-corrected chi connectivity index (χ1v) is 9.55. The Morgan fingerprint density at radius 2 is 2.17 bits per heavy atom. The van der Waals surface area contributed by atoms with Crippen molar-refractivity contribution in [3.63, 3.8) is 0 Å². The van der Waals surface area contributed by atoms with Gasteiger partial charge in [0.15, 0.2) is 0 Å². The second-order valence-corrected chi connectivity index (χ2v) is 8.80. The number of aliphatic imine (C=N–C) groups is 1. The normalized spacial score (nSPS) is 41.0. The Balaban J connectivity index is 1.72. The summed E-state index contributed by atoms with van der Waals surface area (Å²) in [7, 11) is 0. The van der Waals surface area contributed by atoms with Gasteiger partial charge in [0.25, 0.3) is 0 Å². The van der Waals surface area contributed by atoms with Gasteiger partial charge in [-0.3, -0.25) is 4.99 Å². The summed E-state index contributed by atoms with van der Waals surface area (Å²) in [6, 6.07) is 0.648. The molecular formula is C20H25ClN2. The summed E-state index contributed by atoms with van der Waals surface area (Å²) >= 11 is 6.45. The molecule has 5 rings (SSSR count). The minimum Gasteiger partial charge on any atom is -0.371 e. The van der Waals surface area contributed by atoms with Gasteiger partial charge in [0, 0.05) is 34.9 Å². The second kappa shape index (κ2) is 4.75. The van der Waals surface area contributed by atoms with Crippen molar-refractivity contribution in [1.82, 2.24) is 4.90 Å². The molecule has 3 unspecified atom stereocenters. The molecule has 0 N–H and O–H groups in total. The molecule has 0 spiro atoms. The van der Waals surface area contributed by atoms with Crippen molar-refractivity contribution in [1.29, 1.82) is 0 Å². The molecule has 0 saturated heterocycles. The van der Waals surface area contributed by atoms with E-state index in [4.69, 9.17) is 16.6 Å². The molecule has 3 aliphatic carbocycles. The Bertz CT molecular complexity index is 694. The Kier molecular flexibility index (Phi) is 2.96. The average molecular weight is 329 g/mol. The molecule has 1 fully saturated rings. The van der Waals surface area contributed by atoms with Gasteiger partial charge in [0.05, 0.1) is 6.54 Å². The number of hydrogen-bond donors (Lipinski definition) is 0. The maximum absolute atomic E-state index is 6.45. The molecule has 0 amide bonds. The van der Waals surface area contributed by atoms with Crippen molar-refractivity contribution < 1.29 is 0 Å². The largest absolute Gasteiger partial charge is 0.371 e. The number of hydrogen-bond acceptors (Lipinski definition) is 2. The molecule has 23 heavy (non-hydrogen) atoms. The first-order valence-electron chi connectivity index (χ1n) is 9.17. The molecule has 0 radical (unpaired) electrons. The summed E-state index contributed by atoms with van der Waals surface area (Å²) in [5.74, 6) is 1.55. The number of fused-ring (bicyclic) bond motifs is 1. The fraction of sp³-hybridized carbons (Fsp3) is 0.650. The van der Waals surface area contributed by atoms with Crippen molar-refractivity contribution in [2.24, 2.45) is 22.2 Å². The lowest BCUT2D eigenvalue weighted by atomic mass is 9.66. The molecule has 3 heteroatoms. The van der Waals surface area contributed by atoms with E-state index < -0.39 is 0 Å². The summed E-state index contributed by atoms with van der Waals surface area (Å²) in [5, 5.41) is 0.885. The Hall–Kier alpha value is -1.02. The van der Waals surface area contributed by atoms with Crippen LogP contribution in [0.1, 0.15) is 46.0 Å². The highest BCUT2D eigenvalue weighted by Crippen LogP contribution is 2.57. The molecule has 122 valence electrons. The SMILES string of the molecule is CC1C2CC3=C(CCC4=C3/C=C(/Cl)CN=CC41C)N2CC1CC1. The quantitative estimate of drug-likeness (QED) is 0.718. The van der Waals surface area contributed by atoms with E-state index in [-0.39, 0.29) is 5.41 Å². The van der Waals surface area contributed by atoms with Crippen LogP contribution >= 0.6 is 11.6 Å². The van der Waals surface area contributed by atoms with Crippen LogP contribution in [-0.4, -0.2) is 30.2 Å². The van der Waals surface area contributed by atoms with Crippen LogP contribution < -0.4 is 0 Å². The molecule has 2 aliphatic heterocycles. The van der Waals surface area contributed by atoms with Crippen LogP contribution in [0.3, 0.4) is 0 Å². The van der Waals surface area contributed by atoms with Crippen molar-refractivity contribution in [3.05, 3.63) is 33.5 Å². The maximum Gasteiger partial charge on any atom is 0.0743 e. The molecule has 3 atom stereocenters. The predicted molar refractivity (Wildman–Crippen MR) is 95.7 cm³/mol. The number of nitrogens with zero attached hydrogens (tertiary/aromatic N) is 2. The third-order valence-corrected chi connectivity index (χ3v) is 7.23. The Labute approximate surface area is 144 Å². The topological polar surface area (TPSA) is 15.6 Å². The van der Waals surface area contributed by atoms with Crippen LogP contribution in [0.4, 0.5) is 0 Å². The first kappa shape index (κ1) is 14.3. The van der Waals surface area contributed by atoms with E-state index in [9.17, 15) is 0 Å². The van der Waals surface area contributed by atoms with Gasteiger partial charge in [-0.05, 0) is 61.2 Å². The zero-order valence-electron chi connectivity index (χ0n) is 14.1. The lowest BCUT2D eigenvalue weighted by Gasteiger charge is -2.46. The van der Waals surface area contributed by atoms with Gasteiger partial charge >= 0.3 is 0 Å². The second-order valence-electron chi connectivity index (χ2n) is 8.32. The first-order chi connectivity index (χ1) is 11.1. The van der Waals surface area contributed by atoms with E-state index in [0.29, 0.717) is 18.5 Å². The van der Waals surface area contributed by atoms with Gasteiger partial charge < -0.3 is 4.90 Å². The Morgan fingerprint density at radius 3 is 2.96 bits per heavy atom. The lowest BCUT2D eigenvalue weighted by molar-refractivity contribution is 0.146. The fourth-order valence-electron chi connectivity index (χ4n) is 5.33. The third-order valence-electron chi connectivity index (χ3n) is 7.00. The van der Waals surface area contributed by atoms with Crippen molar-refractivity contribution in [2.45, 2.75) is 52.0 Å². The highest BCUT2D eigenvalue weighted by atomic mass is 35.5. The monoisotopic (exact) mass is 328 g/mol. The van der Waals surface area contributed by atoms with Crippen LogP contribution in [0.25, 0.3) is 0 Å². The molecule has 0 aromatic carbocycles. The summed E-state index contributed by atoms with van der Waals surface area (Å²) in [6.07, 6.45) is 11.0. The molecule has 5 bridgehead atoms. The molecular weight excluding hydrogens is 304 g/mol. The zero-order chi connectivity index (χ0) is 15.8.